The molecular formula is C23H24N2O5. The number of ether oxygens (including phenoxy) is 3. The molecule has 1 unspecified atom stereocenters. The lowest BCUT2D eigenvalue weighted by Gasteiger charge is -2.13. The van der Waals surface area contributed by atoms with Crippen molar-refractivity contribution < 1.29 is 23.8 Å². The van der Waals surface area contributed by atoms with Gasteiger partial charge in [-0.25, -0.2) is 14.3 Å². The Morgan fingerprint density at radius 2 is 1.70 bits per heavy atom. The van der Waals surface area contributed by atoms with Crippen LogP contribution in [0.25, 0.3) is 16.9 Å². The number of carbonyl (C=O) groups excluding carboxylic acids is 2. The molecule has 1 heterocycles. The molecule has 1 aromatic heterocycles. The standard InChI is InChI=1S/C23H24N2O5/c1-5-15(2)30-18-13-9-10-16(14-18)20-19(22(26)28-3)21(23(27)29-4)25(24-20)17-11-7-6-8-12-17/h6-15H,5H2,1-4H3. The lowest BCUT2D eigenvalue weighted by atomic mass is 10.1. The normalized spacial score (nSPS) is 11.6. The van der Waals surface area contributed by atoms with Crippen molar-refractivity contribution in [3.05, 3.63) is 65.9 Å². The summed E-state index contributed by atoms with van der Waals surface area (Å²) in [5.41, 5.74) is 1.57. The summed E-state index contributed by atoms with van der Waals surface area (Å²) in [6.07, 6.45) is 0.889. The zero-order chi connectivity index (χ0) is 21.7. The summed E-state index contributed by atoms with van der Waals surface area (Å²) in [7, 11) is 2.52. The molecule has 2 aromatic carbocycles. The predicted octanol–water partition coefficient (Wildman–Crippen LogP) is 4.29. The van der Waals surface area contributed by atoms with E-state index in [2.05, 4.69) is 5.10 Å². The molecule has 3 aromatic rings. The molecule has 0 amide bonds. The van der Waals surface area contributed by atoms with E-state index in [4.69, 9.17) is 14.2 Å². The van der Waals surface area contributed by atoms with E-state index in [9.17, 15) is 9.59 Å². The second-order valence-corrected chi connectivity index (χ2v) is 6.67. The zero-order valence-electron chi connectivity index (χ0n) is 17.4. The van der Waals surface area contributed by atoms with E-state index in [1.54, 1.807) is 24.3 Å². The van der Waals surface area contributed by atoms with Gasteiger partial charge < -0.3 is 14.2 Å². The monoisotopic (exact) mass is 408 g/mol. The fourth-order valence-electron chi connectivity index (χ4n) is 2.99. The van der Waals surface area contributed by atoms with Gasteiger partial charge in [-0.15, -0.1) is 0 Å². The molecule has 0 fully saturated rings. The van der Waals surface area contributed by atoms with Crippen LogP contribution in [-0.4, -0.2) is 42.0 Å². The number of para-hydroxylation sites is 1. The molecule has 7 heteroatoms. The smallest absolute Gasteiger partial charge is 0.357 e. The van der Waals surface area contributed by atoms with Gasteiger partial charge in [0.25, 0.3) is 0 Å². The predicted molar refractivity (Wildman–Crippen MR) is 112 cm³/mol. The lowest BCUT2D eigenvalue weighted by Crippen LogP contribution is -2.15. The van der Waals surface area contributed by atoms with Crippen molar-refractivity contribution >= 4 is 11.9 Å². The summed E-state index contributed by atoms with van der Waals surface area (Å²) in [5.74, 6) is -0.725. The summed E-state index contributed by atoms with van der Waals surface area (Å²) in [4.78, 5) is 25.3. The summed E-state index contributed by atoms with van der Waals surface area (Å²) in [6, 6.07) is 16.3. The summed E-state index contributed by atoms with van der Waals surface area (Å²) < 4.78 is 17.2. The Morgan fingerprint density at radius 3 is 2.33 bits per heavy atom. The van der Waals surface area contributed by atoms with Gasteiger partial charge in [-0.05, 0) is 37.6 Å². The molecule has 156 valence electrons. The second kappa shape index (κ2) is 9.26. The van der Waals surface area contributed by atoms with Crippen LogP contribution in [0, 0.1) is 0 Å². The van der Waals surface area contributed by atoms with Crippen LogP contribution in [0.3, 0.4) is 0 Å². The van der Waals surface area contributed by atoms with Gasteiger partial charge in [0.2, 0.25) is 0 Å². The molecule has 0 N–H and O–H groups in total. The number of esters is 2. The highest BCUT2D eigenvalue weighted by molar-refractivity contribution is 6.06. The van der Waals surface area contributed by atoms with Crippen molar-refractivity contribution in [2.45, 2.75) is 26.4 Å². The molecule has 0 spiro atoms. The van der Waals surface area contributed by atoms with Gasteiger partial charge >= 0.3 is 11.9 Å². The lowest BCUT2D eigenvalue weighted by molar-refractivity contribution is 0.0549. The average molecular weight is 408 g/mol. The van der Waals surface area contributed by atoms with Gasteiger partial charge in [-0.3, -0.25) is 0 Å². The highest BCUT2D eigenvalue weighted by Gasteiger charge is 2.31. The number of aromatic nitrogens is 2. The van der Waals surface area contributed by atoms with Crippen LogP contribution in [0.15, 0.2) is 54.6 Å². The van der Waals surface area contributed by atoms with Crippen LogP contribution in [-0.2, 0) is 9.47 Å². The maximum Gasteiger partial charge on any atom is 0.357 e. The first-order valence-corrected chi connectivity index (χ1v) is 9.62. The first-order valence-electron chi connectivity index (χ1n) is 9.62. The molecule has 7 nitrogen and oxygen atoms in total. The van der Waals surface area contributed by atoms with Crippen molar-refractivity contribution in [3.63, 3.8) is 0 Å². The number of carbonyl (C=O) groups is 2. The molecule has 30 heavy (non-hydrogen) atoms. The van der Waals surface area contributed by atoms with E-state index in [0.29, 0.717) is 22.7 Å². The highest BCUT2D eigenvalue weighted by Crippen LogP contribution is 2.31. The molecular weight excluding hydrogens is 384 g/mol. The molecule has 0 bridgehead atoms. The quantitative estimate of drug-likeness (QED) is 0.543. The number of hydrogen-bond donors (Lipinski definition) is 0. The molecule has 0 saturated carbocycles. The number of rotatable bonds is 7. The second-order valence-electron chi connectivity index (χ2n) is 6.67. The molecule has 3 rings (SSSR count). The zero-order valence-corrected chi connectivity index (χ0v) is 17.4. The van der Waals surface area contributed by atoms with Crippen molar-refractivity contribution in [1.29, 1.82) is 0 Å². The van der Waals surface area contributed by atoms with Crippen molar-refractivity contribution in [3.8, 4) is 22.7 Å². The molecule has 1 atom stereocenters. The van der Waals surface area contributed by atoms with E-state index in [-0.39, 0.29) is 17.4 Å². The van der Waals surface area contributed by atoms with Gasteiger partial charge in [-0.1, -0.05) is 37.3 Å². The Bertz CT molecular complexity index is 1040. The van der Waals surface area contributed by atoms with Crippen molar-refractivity contribution in [2.24, 2.45) is 0 Å². The van der Waals surface area contributed by atoms with E-state index < -0.39 is 11.9 Å². The van der Waals surface area contributed by atoms with Gasteiger partial charge in [0.15, 0.2) is 5.69 Å². The summed E-state index contributed by atoms with van der Waals surface area (Å²) in [6.45, 7) is 4.01. The van der Waals surface area contributed by atoms with E-state index >= 15 is 0 Å². The molecule has 0 saturated heterocycles. The topological polar surface area (TPSA) is 79.7 Å². The third-order valence-electron chi connectivity index (χ3n) is 4.67. The Morgan fingerprint density at radius 1 is 1.00 bits per heavy atom. The van der Waals surface area contributed by atoms with E-state index in [1.165, 1.54) is 18.9 Å². The van der Waals surface area contributed by atoms with Gasteiger partial charge in [0.05, 0.1) is 26.0 Å². The van der Waals surface area contributed by atoms with E-state index in [1.807, 2.05) is 44.2 Å². The third kappa shape index (κ3) is 4.20. The van der Waals surface area contributed by atoms with Crippen molar-refractivity contribution in [2.75, 3.05) is 14.2 Å². The fourth-order valence-corrected chi connectivity index (χ4v) is 2.99. The average Bonchev–Trinajstić information content (AvgIpc) is 3.19. The maximum atomic E-state index is 12.7. The summed E-state index contributed by atoms with van der Waals surface area (Å²) in [5, 5.41) is 4.59. The fraction of sp³-hybridized carbons (Fsp3) is 0.261. The minimum absolute atomic E-state index is 0.00111. The highest BCUT2D eigenvalue weighted by atomic mass is 16.5. The Hall–Kier alpha value is -3.61. The minimum atomic E-state index is -0.690. The van der Waals surface area contributed by atoms with Gasteiger partial charge in [0.1, 0.15) is 17.0 Å². The first-order chi connectivity index (χ1) is 14.5. The van der Waals surface area contributed by atoms with E-state index in [0.717, 1.165) is 6.42 Å². The van der Waals surface area contributed by atoms with Crippen LogP contribution in [0.2, 0.25) is 0 Å². The third-order valence-corrected chi connectivity index (χ3v) is 4.67. The van der Waals surface area contributed by atoms with Gasteiger partial charge in [-0.2, -0.15) is 5.10 Å². The van der Waals surface area contributed by atoms with Crippen molar-refractivity contribution in [1.82, 2.24) is 9.78 Å². The molecule has 0 aliphatic carbocycles. The SMILES string of the molecule is CCC(C)Oc1cccc(-c2nn(-c3ccccc3)c(C(=O)OC)c2C(=O)OC)c1. The summed E-state index contributed by atoms with van der Waals surface area (Å²) >= 11 is 0. The number of methoxy groups -OCH3 is 2. The largest absolute Gasteiger partial charge is 0.491 e. The van der Waals surface area contributed by atoms with Crippen LogP contribution in [0.1, 0.15) is 41.1 Å². The molecule has 0 radical (unpaired) electrons. The first kappa shape index (κ1) is 21.1. The Labute approximate surface area is 175 Å². The van der Waals surface area contributed by atoms with Crippen LogP contribution < -0.4 is 4.74 Å². The van der Waals surface area contributed by atoms with Crippen LogP contribution in [0.5, 0.6) is 5.75 Å². The van der Waals surface area contributed by atoms with Crippen LogP contribution >= 0.6 is 0 Å². The molecule has 0 aliphatic rings. The number of hydrogen-bond acceptors (Lipinski definition) is 6. The maximum absolute atomic E-state index is 12.7. The minimum Gasteiger partial charge on any atom is -0.491 e. The number of benzene rings is 2. The van der Waals surface area contributed by atoms with Gasteiger partial charge in [0, 0.05) is 5.56 Å². The Balaban J connectivity index is 2.24. The Kier molecular flexibility index (Phi) is 6.51. The number of nitrogens with zero attached hydrogens (tertiary/aromatic N) is 2. The molecule has 0 aliphatic heterocycles. The van der Waals surface area contributed by atoms with Crippen LogP contribution in [0.4, 0.5) is 0 Å².